The van der Waals surface area contributed by atoms with Gasteiger partial charge < -0.3 is 10.2 Å². The summed E-state index contributed by atoms with van der Waals surface area (Å²) in [5, 5.41) is 34.2. The standard InChI is InChI=1S/4C18H15P.C14H13NO2.C7H6INO2/c4*1-4-10-16(11-5-1)19(17-12-6-2-7-13-17)18-14-8-3-9-15-18;1-9-4-3-5-11(6-9)13-10(2)7-12(8-15-13)14(16)17;1-4-2-5(7(10)11)3-9-6(4)8/h4*1-15H;3-8H,1-2H3,(H,16,17);2-3H,1H3,(H,10,11). The Morgan fingerprint density at radius 1 is 0.260 bits per heavy atom. The molecule has 15 rings (SSSR count). The minimum atomic E-state index is -0.948. The summed E-state index contributed by atoms with van der Waals surface area (Å²) < 4.78 is 0.840. The highest BCUT2D eigenvalue weighted by molar-refractivity contribution is 14.1. The van der Waals surface area contributed by atoms with Crippen LogP contribution in [0.15, 0.2) is 413 Å². The average molecular weight is 1540 g/mol. The van der Waals surface area contributed by atoms with Crippen molar-refractivity contribution in [3.05, 3.63) is 444 Å². The Balaban J connectivity index is 0.000000135. The number of halogens is 1. The third-order valence-electron chi connectivity index (χ3n) is 16.1. The third kappa shape index (κ3) is 22.8. The van der Waals surface area contributed by atoms with E-state index in [1.54, 1.807) is 12.1 Å². The van der Waals surface area contributed by atoms with Crippen molar-refractivity contribution in [2.45, 2.75) is 20.8 Å². The van der Waals surface area contributed by atoms with Crippen molar-refractivity contribution in [1.29, 1.82) is 0 Å². The fraction of sp³-hybridized carbons (Fsp3) is 0.0323. The summed E-state index contributed by atoms with van der Waals surface area (Å²) in [7, 11) is -1.78. The minimum Gasteiger partial charge on any atom is -0.478 e. The topological polar surface area (TPSA) is 100 Å². The van der Waals surface area contributed by atoms with Crippen LogP contribution in [0.25, 0.3) is 11.3 Å². The third-order valence-corrected chi connectivity index (χ3v) is 27.0. The van der Waals surface area contributed by atoms with E-state index in [0.717, 1.165) is 31.6 Å². The molecule has 0 aliphatic carbocycles. The van der Waals surface area contributed by atoms with Crippen molar-refractivity contribution in [2.24, 2.45) is 0 Å². The van der Waals surface area contributed by atoms with Gasteiger partial charge in [0.25, 0.3) is 0 Å². The van der Waals surface area contributed by atoms with Gasteiger partial charge in [-0.15, -0.1) is 0 Å². The number of nitrogens with zero attached hydrogens (tertiary/aromatic N) is 2. The molecular formula is C93H79IN2O4P4. The molecule has 0 unspecified atom stereocenters. The van der Waals surface area contributed by atoms with Crippen molar-refractivity contribution in [3.8, 4) is 11.3 Å². The number of rotatable bonds is 15. The molecule has 2 N–H and O–H groups in total. The van der Waals surface area contributed by atoms with E-state index in [-0.39, 0.29) is 11.1 Å². The molecule has 0 atom stereocenters. The number of aromatic carboxylic acids is 2. The largest absolute Gasteiger partial charge is 0.478 e. The van der Waals surface area contributed by atoms with Gasteiger partial charge in [0.15, 0.2) is 0 Å². The summed E-state index contributed by atoms with van der Waals surface area (Å²) in [6.07, 6.45) is 2.75. The number of carbonyl (C=O) groups is 2. The molecule has 15 aromatic rings. The van der Waals surface area contributed by atoms with E-state index in [1.807, 2.05) is 45.0 Å². The molecule has 6 nitrogen and oxygen atoms in total. The molecule has 0 amide bonds. The zero-order valence-electron chi connectivity index (χ0n) is 58.0. The molecule has 0 aliphatic rings. The van der Waals surface area contributed by atoms with Crippen molar-refractivity contribution < 1.29 is 19.8 Å². The highest BCUT2D eigenvalue weighted by Crippen LogP contribution is 2.36. The fourth-order valence-electron chi connectivity index (χ4n) is 11.2. The molecule has 0 fully saturated rings. The molecule has 2 heterocycles. The first kappa shape index (κ1) is 76.2. The zero-order chi connectivity index (χ0) is 72.5. The number of hydrogen-bond donors (Lipinski definition) is 2. The zero-order valence-corrected chi connectivity index (χ0v) is 63.8. The molecule has 0 bridgehead atoms. The van der Waals surface area contributed by atoms with E-state index < -0.39 is 43.6 Å². The summed E-state index contributed by atoms with van der Waals surface area (Å²) in [6, 6.07) is 141. The lowest BCUT2D eigenvalue weighted by molar-refractivity contribution is 0.0685. The molecule has 11 heteroatoms. The monoisotopic (exact) mass is 1540 g/mol. The second-order valence-electron chi connectivity index (χ2n) is 23.6. The van der Waals surface area contributed by atoms with Crippen LogP contribution in [0.1, 0.15) is 37.4 Å². The van der Waals surface area contributed by atoms with Crippen LogP contribution >= 0.6 is 54.3 Å². The van der Waals surface area contributed by atoms with Gasteiger partial charge in [-0.05, 0) is 168 Å². The van der Waals surface area contributed by atoms with Gasteiger partial charge in [0.05, 0.1) is 16.8 Å². The SMILES string of the molecule is Cc1cc(C(=O)O)cnc1I.Cc1cccc(-c2ncc(C(=O)O)cc2C)c1.c1ccc(P(c2ccccc2)c2ccccc2)cc1.c1ccc(P(c2ccccc2)c2ccccc2)cc1.c1ccc(P(c2ccccc2)c2ccccc2)cc1.c1ccc(P(c2ccccc2)c2ccccc2)cc1. The highest BCUT2D eigenvalue weighted by Gasteiger charge is 2.19. The lowest BCUT2D eigenvalue weighted by Crippen LogP contribution is -2.20. The molecular weight excluding hydrogens is 1460 g/mol. The van der Waals surface area contributed by atoms with Gasteiger partial charge in [-0.3, -0.25) is 4.98 Å². The summed E-state index contributed by atoms with van der Waals surface area (Å²) in [5.74, 6) is -1.88. The minimum absolute atomic E-state index is 0.221. The maximum Gasteiger partial charge on any atom is 0.337 e. The molecule has 0 aliphatic heterocycles. The molecule has 104 heavy (non-hydrogen) atoms. The average Bonchev–Trinajstić information content (AvgIpc) is 0.842. The molecule has 0 spiro atoms. The van der Waals surface area contributed by atoms with Crippen LogP contribution in [-0.2, 0) is 0 Å². The van der Waals surface area contributed by atoms with E-state index in [1.165, 1.54) is 76.0 Å². The van der Waals surface area contributed by atoms with E-state index in [4.69, 9.17) is 10.2 Å². The van der Waals surface area contributed by atoms with Crippen LogP contribution in [-0.4, -0.2) is 32.1 Å². The van der Waals surface area contributed by atoms with Gasteiger partial charge in [0.1, 0.15) is 3.70 Å². The first-order valence-corrected chi connectivity index (χ1v) is 40.4. The van der Waals surface area contributed by atoms with Crippen LogP contribution < -0.4 is 63.7 Å². The van der Waals surface area contributed by atoms with Crippen molar-refractivity contribution >= 4 is 130 Å². The van der Waals surface area contributed by atoms with Crippen LogP contribution in [0.3, 0.4) is 0 Å². The molecule has 13 aromatic carbocycles. The van der Waals surface area contributed by atoms with Crippen LogP contribution in [0.5, 0.6) is 0 Å². The number of carboxylic acids is 2. The lowest BCUT2D eigenvalue weighted by atomic mass is 10.0. The van der Waals surface area contributed by atoms with Crippen LogP contribution in [0, 0.1) is 24.5 Å². The summed E-state index contributed by atoms with van der Waals surface area (Å²) in [4.78, 5) is 29.4. The van der Waals surface area contributed by atoms with Gasteiger partial charge in [-0.1, -0.05) is 388 Å². The fourth-order valence-corrected chi connectivity index (χ4v) is 20.7. The van der Waals surface area contributed by atoms with E-state index in [0.29, 0.717) is 0 Å². The highest BCUT2D eigenvalue weighted by atomic mass is 127. The smallest absolute Gasteiger partial charge is 0.337 e. The number of benzene rings is 13. The first-order valence-electron chi connectivity index (χ1n) is 33.9. The number of aryl methyl sites for hydroxylation is 3. The number of aromatic nitrogens is 2. The van der Waals surface area contributed by atoms with E-state index >= 15 is 0 Å². The number of hydrogen-bond acceptors (Lipinski definition) is 4. The lowest BCUT2D eigenvalue weighted by Gasteiger charge is -2.18. The second-order valence-corrected chi connectivity index (χ2v) is 33.5. The predicted octanol–water partition coefficient (Wildman–Crippen LogP) is 18.5. The summed E-state index contributed by atoms with van der Waals surface area (Å²) >= 11 is 2.06. The quantitative estimate of drug-likeness (QED) is 0.0603. The van der Waals surface area contributed by atoms with Gasteiger partial charge in [-0.25, -0.2) is 14.6 Å². The molecule has 0 radical (unpaired) electrons. The maximum absolute atomic E-state index is 10.8. The first-order chi connectivity index (χ1) is 51.0. The van der Waals surface area contributed by atoms with Gasteiger partial charge in [0.2, 0.25) is 0 Å². The Hall–Kier alpha value is -10.5. The Labute approximate surface area is 631 Å². The van der Waals surface area contributed by atoms with Crippen molar-refractivity contribution in [2.75, 3.05) is 0 Å². The van der Waals surface area contributed by atoms with Gasteiger partial charge in [-0.2, -0.15) is 0 Å². The van der Waals surface area contributed by atoms with E-state index in [2.05, 4.69) is 397 Å². The summed E-state index contributed by atoms with van der Waals surface area (Å²) in [5.41, 5.74) is 5.23. The van der Waals surface area contributed by atoms with Gasteiger partial charge >= 0.3 is 11.9 Å². The van der Waals surface area contributed by atoms with Gasteiger partial charge in [0, 0.05) is 18.0 Å². The number of carboxylic acid groups (broad SMARTS) is 2. The Morgan fingerprint density at radius 3 is 0.644 bits per heavy atom. The summed E-state index contributed by atoms with van der Waals surface area (Å²) in [6.45, 7) is 5.72. The van der Waals surface area contributed by atoms with Crippen LogP contribution in [0.4, 0.5) is 0 Å². The Morgan fingerprint density at radius 2 is 0.462 bits per heavy atom. The number of pyridine rings is 2. The normalized spacial score (nSPS) is 10.4. The van der Waals surface area contributed by atoms with Crippen LogP contribution in [0.2, 0.25) is 0 Å². The second kappa shape index (κ2) is 41.0. The Kier molecular flexibility index (Phi) is 30.0. The predicted molar refractivity (Wildman–Crippen MR) is 455 cm³/mol. The molecule has 512 valence electrons. The van der Waals surface area contributed by atoms with Crippen molar-refractivity contribution in [1.82, 2.24) is 9.97 Å². The molecule has 0 saturated carbocycles. The van der Waals surface area contributed by atoms with E-state index in [9.17, 15) is 9.59 Å². The molecule has 2 aromatic heterocycles. The maximum atomic E-state index is 10.8. The Bertz CT molecular complexity index is 4150. The van der Waals surface area contributed by atoms with Crippen molar-refractivity contribution in [3.63, 3.8) is 0 Å². The molecule has 0 saturated heterocycles.